The first-order valence-corrected chi connectivity index (χ1v) is 7.85. The van der Waals surface area contributed by atoms with Gasteiger partial charge in [0.1, 0.15) is 0 Å². The molecule has 0 N–H and O–H groups in total. The number of hydrogen-bond donors (Lipinski definition) is 0. The molecule has 3 heteroatoms. The first-order chi connectivity index (χ1) is 7.36. The summed E-state index contributed by atoms with van der Waals surface area (Å²) in [5, 5.41) is 0. The van der Waals surface area contributed by atoms with Crippen molar-refractivity contribution >= 4 is 0 Å². The molecule has 89 valence electrons. The summed E-state index contributed by atoms with van der Waals surface area (Å²) in [4.78, 5) is 0. The van der Waals surface area contributed by atoms with Gasteiger partial charge in [0.15, 0.2) is 0 Å². The first-order valence-electron chi connectivity index (χ1n) is 5.78. The SMILES string of the molecule is [Hf+2][CH]1C(C2=CC=CC2)CC2C=CC=CC21.[I-].[I-]. The Balaban J connectivity index is 0.000000722. The molecule has 1 fully saturated rings. The topological polar surface area (TPSA) is 0 Å². The van der Waals surface area contributed by atoms with E-state index in [9.17, 15) is 0 Å². The molecular formula is C14H15HfI2. The van der Waals surface area contributed by atoms with Crippen LogP contribution < -0.4 is 48.0 Å². The largest absolute Gasteiger partial charge is 1.00 e. The molecular weight excluding hydrogens is 600 g/mol. The standard InChI is InChI=1S/C14H15.Hf.2HI/c1-2-6-11(5-1)14-9-12-7-3-4-8-13(12)10-14;;;/h1-5,7-9,12-14H,6,10H2;;2*1H/q;+2;;/p-2. The fraction of sp³-hybridized carbons (Fsp3) is 0.429. The number of fused-ring (bicyclic) bond motifs is 1. The van der Waals surface area contributed by atoms with Crippen molar-refractivity contribution in [3.05, 3.63) is 48.1 Å². The molecule has 0 aliphatic heterocycles. The van der Waals surface area contributed by atoms with Crippen molar-refractivity contribution in [3.63, 3.8) is 0 Å². The smallest absolute Gasteiger partial charge is 1.00 e. The molecule has 17 heavy (non-hydrogen) atoms. The molecule has 3 aliphatic rings. The van der Waals surface area contributed by atoms with Crippen molar-refractivity contribution in [3.8, 4) is 0 Å². The van der Waals surface area contributed by atoms with Crippen molar-refractivity contribution in [2.24, 2.45) is 17.8 Å². The molecule has 4 atom stereocenters. The van der Waals surface area contributed by atoms with E-state index in [1.54, 1.807) is 5.57 Å². The van der Waals surface area contributed by atoms with Gasteiger partial charge < -0.3 is 48.0 Å². The van der Waals surface area contributed by atoms with Gasteiger partial charge >= 0.3 is 107 Å². The molecule has 0 aromatic rings. The van der Waals surface area contributed by atoms with Gasteiger partial charge in [0, 0.05) is 0 Å². The van der Waals surface area contributed by atoms with E-state index in [0.29, 0.717) is 0 Å². The van der Waals surface area contributed by atoms with Crippen LogP contribution >= 0.6 is 0 Å². The first kappa shape index (κ1) is 16.3. The van der Waals surface area contributed by atoms with Gasteiger partial charge in [-0.15, -0.1) is 0 Å². The monoisotopic (exact) mass is 617 g/mol. The van der Waals surface area contributed by atoms with Crippen molar-refractivity contribution in [2.75, 3.05) is 0 Å². The van der Waals surface area contributed by atoms with E-state index < -0.39 is 0 Å². The van der Waals surface area contributed by atoms with E-state index in [1.165, 1.54) is 37.2 Å². The average molecular weight is 616 g/mol. The van der Waals surface area contributed by atoms with Crippen LogP contribution in [0.5, 0.6) is 0 Å². The van der Waals surface area contributed by atoms with Crippen LogP contribution in [0.1, 0.15) is 12.8 Å². The van der Waals surface area contributed by atoms with Crippen LogP contribution in [0.4, 0.5) is 0 Å². The normalized spacial score (nSPS) is 37.2. The zero-order chi connectivity index (χ0) is 10.3. The van der Waals surface area contributed by atoms with Gasteiger partial charge in [-0.3, -0.25) is 0 Å². The van der Waals surface area contributed by atoms with Gasteiger partial charge in [-0.05, 0) is 0 Å². The second-order valence-corrected chi connectivity index (χ2v) is 7.15. The second kappa shape index (κ2) is 7.17. The number of halogens is 2. The minimum absolute atomic E-state index is 0. The fourth-order valence-corrected chi connectivity index (χ4v) is 5.67. The Morgan fingerprint density at radius 1 is 1.06 bits per heavy atom. The van der Waals surface area contributed by atoms with E-state index in [0.717, 1.165) is 21.4 Å². The van der Waals surface area contributed by atoms with Gasteiger partial charge in [0.2, 0.25) is 0 Å². The van der Waals surface area contributed by atoms with Crippen LogP contribution in [0.25, 0.3) is 0 Å². The zero-order valence-electron chi connectivity index (χ0n) is 9.52. The summed E-state index contributed by atoms with van der Waals surface area (Å²) in [6.07, 6.45) is 18.9. The molecule has 0 aromatic heterocycles. The fourth-order valence-electron chi connectivity index (χ4n) is 3.12. The molecule has 0 amide bonds. The molecule has 0 aromatic carbocycles. The average Bonchev–Trinajstić information content (AvgIpc) is 2.87. The van der Waals surface area contributed by atoms with Gasteiger partial charge in [-0.1, -0.05) is 0 Å². The van der Waals surface area contributed by atoms with E-state index >= 15 is 0 Å². The van der Waals surface area contributed by atoms with Gasteiger partial charge in [0.05, 0.1) is 0 Å². The number of rotatable bonds is 1. The zero-order valence-corrected chi connectivity index (χ0v) is 17.4. The summed E-state index contributed by atoms with van der Waals surface area (Å²) in [6.45, 7) is 0. The van der Waals surface area contributed by atoms with Crippen molar-refractivity contribution < 1.29 is 72.3 Å². The van der Waals surface area contributed by atoms with E-state index in [2.05, 4.69) is 42.5 Å². The van der Waals surface area contributed by atoms with Crippen molar-refractivity contribution in [1.82, 2.24) is 0 Å². The Labute approximate surface area is 153 Å². The Bertz CT molecular complexity index is 382. The molecule has 0 radical (unpaired) electrons. The molecule has 0 bridgehead atoms. The van der Waals surface area contributed by atoms with Crippen LogP contribution in [0.2, 0.25) is 3.67 Å². The Morgan fingerprint density at radius 2 is 1.82 bits per heavy atom. The summed E-state index contributed by atoms with van der Waals surface area (Å²) >= 11 is 1.34. The molecule has 1 saturated carbocycles. The molecule has 0 spiro atoms. The summed E-state index contributed by atoms with van der Waals surface area (Å²) < 4.78 is 0.961. The minimum atomic E-state index is 0. The Morgan fingerprint density at radius 3 is 2.47 bits per heavy atom. The summed E-state index contributed by atoms with van der Waals surface area (Å²) in [5.41, 5.74) is 1.70. The number of hydrogen-bond acceptors (Lipinski definition) is 0. The van der Waals surface area contributed by atoms with E-state index in [1.807, 2.05) is 0 Å². The summed E-state index contributed by atoms with van der Waals surface area (Å²) in [5.74, 6) is 2.58. The maximum Gasteiger partial charge on any atom is -1.00 e. The van der Waals surface area contributed by atoms with Gasteiger partial charge in [-0.25, -0.2) is 0 Å². The maximum absolute atomic E-state index is 2.45. The van der Waals surface area contributed by atoms with E-state index in [4.69, 9.17) is 0 Å². The Hall–Kier alpha value is 1.29. The molecule has 3 rings (SSSR count). The van der Waals surface area contributed by atoms with Crippen LogP contribution in [0, 0.1) is 17.8 Å². The summed E-state index contributed by atoms with van der Waals surface area (Å²) in [6, 6.07) is 0. The molecule has 0 nitrogen and oxygen atoms in total. The maximum atomic E-state index is 2.45. The van der Waals surface area contributed by atoms with Crippen molar-refractivity contribution in [2.45, 2.75) is 16.5 Å². The van der Waals surface area contributed by atoms with Gasteiger partial charge in [0.25, 0.3) is 0 Å². The minimum Gasteiger partial charge on any atom is -1.00 e. The Kier molecular flexibility index (Phi) is 6.90. The molecule has 0 heterocycles. The van der Waals surface area contributed by atoms with Crippen LogP contribution in [0.15, 0.2) is 48.1 Å². The molecule has 3 aliphatic carbocycles. The number of allylic oxidation sites excluding steroid dienone is 8. The predicted octanol–water partition coefficient (Wildman–Crippen LogP) is -2.41. The third kappa shape index (κ3) is 3.25. The predicted molar refractivity (Wildman–Crippen MR) is 59.0 cm³/mol. The third-order valence-corrected chi connectivity index (χ3v) is 6.78. The molecule has 0 saturated heterocycles. The second-order valence-electron chi connectivity index (χ2n) is 4.75. The van der Waals surface area contributed by atoms with Crippen LogP contribution in [0.3, 0.4) is 0 Å². The third-order valence-electron chi connectivity index (χ3n) is 3.95. The van der Waals surface area contributed by atoms with Gasteiger partial charge in [-0.2, -0.15) is 0 Å². The van der Waals surface area contributed by atoms with Crippen LogP contribution in [-0.4, -0.2) is 0 Å². The van der Waals surface area contributed by atoms with Crippen LogP contribution in [-0.2, 0) is 24.4 Å². The molecule has 4 unspecified atom stereocenters. The quantitative estimate of drug-likeness (QED) is 0.228. The summed E-state index contributed by atoms with van der Waals surface area (Å²) in [7, 11) is 0. The van der Waals surface area contributed by atoms with E-state index in [-0.39, 0.29) is 48.0 Å². The van der Waals surface area contributed by atoms with Crippen molar-refractivity contribution in [1.29, 1.82) is 0 Å².